The molecule has 2 heteroatoms. The van der Waals surface area contributed by atoms with Gasteiger partial charge in [-0.05, 0) is 48.6 Å². The SMILES string of the molecule is CC.CC.CC.CC.CCC(C)(C)c1ccccc1.CCC(C)(C)c1ccccc1.COC(C)(C)OC. The Morgan fingerprint density at radius 2 is 0.676 bits per heavy atom. The molecule has 2 aromatic rings. The summed E-state index contributed by atoms with van der Waals surface area (Å²) in [6.45, 7) is 33.3. The molecule has 0 unspecified atom stereocenters. The molecule has 0 fully saturated rings. The molecule has 2 rings (SSSR count). The van der Waals surface area contributed by atoms with Gasteiger partial charge >= 0.3 is 0 Å². The second-order valence-corrected chi connectivity index (χ2v) is 9.02. The Hall–Kier alpha value is -1.64. The second kappa shape index (κ2) is 28.9. The minimum absolute atomic E-state index is 0.335. The largest absolute Gasteiger partial charge is 0.354 e. The van der Waals surface area contributed by atoms with Crippen LogP contribution in [0.5, 0.6) is 0 Å². The molecular weight excluding hydrogens is 452 g/mol. The molecule has 0 spiro atoms. The third-order valence-corrected chi connectivity index (χ3v) is 5.86. The maximum absolute atomic E-state index is 4.86. The summed E-state index contributed by atoms with van der Waals surface area (Å²) < 4.78 is 9.73. The zero-order valence-corrected chi connectivity index (χ0v) is 28.5. The van der Waals surface area contributed by atoms with Gasteiger partial charge in [0.15, 0.2) is 5.79 Å². The highest BCUT2D eigenvalue weighted by molar-refractivity contribution is 5.23. The zero-order chi connectivity index (χ0) is 30.6. The van der Waals surface area contributed by atoms with E-state index in [2.05, 4.69) is 102 Å². The molecule has 0 aromatic heterocycles. The van der Waals surface area contributed by atoms with Crippen molar-refractivity contribution in [3.8, 4) is 0 Å². The van der Waals surface area contributed by atoms with E-state index in [4.69, 9.17) is 9.47 Å². The van der Waals surface area contributed by atoms with Crippen molar-refractivity contribution < 1.29 is 9.47 Å². The highest BCUT2D eigenvalue weighted by atomic mass is 16.7. The van der Waals surface area contributed by atoms with Gasteiger partial charge in [-0.3, -0.25) is 0 Å². The summed E-state index contributed by atoms with van der Waals surface area (Å²) in [5.74, 6) is -0.417. The van der Waals surface area contributed by atoms with Crippen LogP contribution in [0.3, 0.4) is 0 Å². The van der Waals surface area contributed by atoms with Crippen molar-refractivity contribution in [1.82, 2.24) is 0 Å². The highest BCUT2D eigenvalue weighted by Gasteiger charge is 2.17. The lowest BCUT2D eigenvalue weighted by molar-refractivity contribution is -0.178. The molecule has 0 heterocycles. The molecule has 2 nitrogen and oxygen atoms in total. The van der Waals surface area contributed by atoms with E-state index in [-0.39, 0.29) is 0 Å². The molecule has 0 amide bonds. The Morgan fingerprint density at radius 3 is 0.811 bits per heavy atom. The molecule has 0 aliphatic carbocycles. The van der Waals surface area contributed by atoms with E-state index >= 15 is 0 Å². The minimum Gasteiger partial charge on any atom is -0.354 e. The second-order valence-electron chi connectivity index (χ2n) is 9.02. The molecule has 0 aliphatic heterocycles. The van der Waals surface area contributed by atoms with Gasteiger partial charge in [-0.1, -0.05) is 158 Å². The van der Waals surface area contributed by atoms with Crippen LogP contribution in [0.25, 0.3) is 0 Å². The summed E-state index contributed by atoms with van der Waals surface area (Å²) in [6.07, 6.45) is 2.38. The predicted molar refractivity (Wildman–Crippen MR) is 173 cm³/mol. The molecule has 2 aromatic carbocycles. The molecule has 37 heavy (non-hydrogen) atoms. The van der Waals surface area contributed by atoms with Crippen LogP contribution in [0.4, 0.5) is 0 Å². The molecule has 0 radical (unpaired) electrons. The van der Waals surface area contributed by atoms with Crippen molar-refractivity contribution in [3.05, 3.63) is 71.8 Å². The standard InChI is InChI=1S/2C11H16.C5H12O2.4C2H6/c2*1-4-11(2,3)10-8-6-5-7-9-10;1-5(2,6-3)7-4;4*1-2/h2*5-9H,4H2,1-3H3;1-4H3;4*1-2H3. The van der Waals surface area contributed by atoms with E-state index in [1.165, 1.54) is 24.0 Å². The highest BCUT2D eigenvalue weighted by Crippen LogP contribution is 2.26. The molecule has 0 saturated heterocycles. The number of methoxy groups -OCH3 is 2. The summed E-state index contributed by atoms with van der Waals surface area (Å²) in [5, 5.41) is 0. The third kappa shape index (κ3) is 24.5. The van der Waals surface area contributed by atoms with Gasteiger partial charge < -0.3 is 9.47 Å². The lowest BCUT2D eigenvalue weighted by Crippen LogP contribution is -2.24. The Bertz CT molecular complexity index is 586. The summed E-state index contributed by atoms with van der Waals surface area (Å²) in [5.41, 5.74) is 3.53. The molecule has 0 bridgehead atoms. The number of hydrogen-bond acceptors (Lipinski definition) is 2. The van der Waals surface area contributed by atoms with Crippen molar-refractivity contribution in [1.29, 1.82) is 0 Å². The van der Waals surface area contributed by atoms with Crippen LogP contribution in [0, 0.1) is 0 Å². The van der Waals surface area contributed by atoms with E-state index in [0.717, 1.165) is 0 Å². The quantitative estimate of drug-likeness (QED) is 0.352. The summed E-state index contributed by atoms with van der Waals surface area (Å²) >= 11 is 0. The topological polar surface area (TPSA) is 18.5 Å². The van der Waals surface area contributed by atoms with Crippen LogP contribution in [0.1, 0.15) is 135 Å². The monoisotopic (exact) mass is 521 g/mol. The molecule has 0 atom stereocenters. The number of benzene rings is 2. The van der Waals surface area contributed by atoms with E-state index < -0.39 is 5.79 Å². The molecule has 220 valence electrons. The fourth-order valence-corrected chi connectivity index (χ4v) is 2.27. The molecular formula is C35H68O2. The van der Waals surface area contributed by atoms with Gasteiger partial charge in [0.05, 0.1) is 0 Å². The normalized spacial score (nSPS) is 9.78. The third-order valence-electron chi connectivity index (χ3n) is 5.86. The van der Waals surface area contributed by atoms with E-state index in [1.54, 1.807) is 14.2 Å². The first-order valence-electron chi connectivity index (χ1n) is 14.7. The lowest BCUT2D eigenvalue weighted by Gasteiger charge is -2.22. The summed E-state index contributed by atoms with van der Waals surface area (Å²) in [7, 11) is 3.23. The molecule has 0 N–H and O–H groups in total. The van der Waals surface area contributed by atoms with Gasteiger partial charge in [0.2, 0.25) is 0 Å². The number of hydrogen-bond donors (Lipinski definition) is 0. The van der Waals surface area contributed by atoms with E-state index in [9.17, 15) is 0 Å². The van der Waals surface area contributed by atoms with Gasteiger partial charge in [0.25, 0.3) is 0 Å². The van der Waals surface area contributed by atoms with Crippen LogP contribution < -0.4 is 0 Å². The minimum atomic E-state index is -0.417. The van der Waals surface area contributed by atoms with E-state index in [1.807, 2.05) is 69.2 Å². The summed E-state index contributed by atoms with van der Waals surface area (Å²) in [6, 6.07) is 21.3. The molecule has 0 saturated carbocycles. The fourth-order valence-electron chi connectivity index (χ4n) is 2.27. The van der Waals surface area contributed by atoms with Gasteiger partial charge in [0.1, 0.15) is 0 Å². The van der Waals surface area contributed by atoms with Crippen LogP contribution in [-0.4, -0.2) is 20.0 Å². The fraction of sp³-hybridized carbons (Fsp3) is 0.657. The predicted octanol–water partition coefficient (Wildman–Crippen LogP) is 11.9. The average Bonchev–Trinajstić information content (AvgIpc) is 2.99. The lowest BCUT2D eigenvalue weighted by atomic mass is 9.82. The summed E-state index contributed by atoms with van der Waals surface area (Å²) in [4.78, 5) is 0. The van der Waals surface area contributed by atoms with Gasteiger partial charge in [-0.2, -0.15) is 0 Å². The Labute approximate surface area is 235 Å². The van der Waals surface area contributed by atoms with Crippen molar-refractivity contribution in [2.24, 2.45) is 0 Å². The van der Waals surface area contributed by atoms with Gasteiger partial charge in [-0.25, -0.2) is 0 Å². The smallest absolute Gasteiger partial charge is 0.161 e. The van der Waals surface area contributed by atoms with Crippen molar-refractivity contribution >= 4 is 0 Å². The van der Waals surface area contributed by atoms with Crippen LogP contribution in [-0.2, 0) is 20.3 Å². The average molecular weight is 521 g/mol. The first kappa shape index (κ1) is 45.3. The Morgan fingerprint density at radius 1 is 0.459 bits per heavy atom. The van der Waals surface area contributed by atoms with Crippen molar-refractivity contribution in [2.75, 3.05) is 14.2 Å². The van der Waals surface area contributed by atoms with Crippen LogP contribution in [0.15, 0.2) is 60.7 Å². The van der Waals surface area contributed by atoms with Gasteiger partial charge in [0, 0.05) is 14.2 Å². The van der Waals surface area contributed by atoms with Gasteiger partial charge in [-0.15, -0.1) is 0 Å². The number of rotatable bonds is 6. The van der Waals surface area contributed by atoms with Crippen LogP contribution >= 0.6 is 0 Å². The molecule has 0 aliphatic rings. The first-order valence-corrected chi connectivity index (χ1v) is 14.7. The van der Waals surface area contributed by atoms with Crippen molar-refractivity contribution in [2.45, 2.75) is 140 Å². The zero-order valence-electron chi connectivity index (χ0n) is 28.5. The Balaban J connectivity index is -0.000000124. The maximum atomic E-state index is 4.86. The van der Waals surface area contributed by atoms with Crippen LogP contribution in [0.2, 0.25) is 0 Å². The Kier molecular flexibility index (Phi) is 35.4. The first-order chi connectivity index (χ1) is 17.5. The number of ether oxygens (including phenoxy) is 2. The van der Waals surface area contributed by atoms with E-state index in [0.29, 0.717) is 10.8 Å². The maximum Gasteiger partial charge on any atom is 0.161 e. The van der Waals surface area contributed by atoms with Crippen molar-refractivity contribution in [3.63, 3.8) is 0 Å².